The number of rotatable bonds is 4. The van der Waals surface area contributed by atoms with Crippen LogP contribution >= 0.6 is 0 Å². The second-order valence-electron chi connectivity index (χ2n) is 5.37. The fraction of sp³-hybridized carbons (Fsp3) is 0.571. The molecule has 1 unspecified atom stereocenters. The van der Waals surface area contributed by atoms with Crippen LogP contribution in [0.4, 0.5) is 11.4 Å². The van der Waals surface area contributed by atoms with Crippen LogP contribution in [0.5, 0.6) is 0 Å². The number of sulfone groups is 1. The first kappa shape index (κ1) is 15.1. The van der Waals surface area contributed by atoms with Crippen LogP contribution in [0.2, 0.25) is 0 Å². The number of nitrogens with zero attached hydrogens (tertiary/aromatic N) is 1. The Morgan fingerprint density at radius 1 is 1.45 bits per heavy atom. The van der Waals surface area contributed by atoms with E-state index in [2.05, 4.69) is 17.1 Å². The van der Waals surface area contributed by atoms with Crippen LogP contribution in [0, 0.1) is 0 Å². The van der Waals surface area contributed by atoms with Crippen molar-refractivity contribution in [1.29, 1.82) is 0 Å². The van der Waals surface area contributed by atoms with Crippen LogP contribution in [-0.4, -0.2) is 45.2 Å². The Morgan fingerprint density at radius 2 is 2.20 bits per heavy atom. The lowest BCUT2D eigenvalue weighted by molar-refractivity contribution is 0.227. The largest absolute Gasteiger partial charge is 0.396 e. The molecule has 0 spiro atoms. The monoisotopic (exact) mass is 297 g/mol. The fourth-order valence-corrected chi connectivity index (χ4v) is 3.51. The van der Waals surface area contributed by atoms with E-state index in [1.165, 1.54) is 6.26 Å². The molecule has 2 rings (SSSR count). The molecule has 1 fully saturated rings. The van der Waals surface area contributed by atoms with Crippen molar-refractivity contribution in [1.82, 2.24) is 4.90 Å². The van der Waals surface area contributed by atoms with Gasteiger partial charge in [-0.25, -0.2) is 8.42 Å². The van der Waals surface area contributed by atoms with Crippen LogP contribution in [-0.2, 0) is 9.84 Å². The lowest BCUT2D eigenvalue weighted by Gasteiger charge is -2.33. The van der Waals surface area contributed by atoms with E-state index in [0.29, 0.717) is 11.7 Å². The Hall–Kier alpha value is -1.27. The zero-order valence-corrected chi connectivity index (χ0v) is 12.9. The van der Waals surface area contributed by atoms with Gasteiger partial charge in [-0.2, -0.15) is 0 Å². The molecule has 1 heterocycles. The maximum Gasteiger partial charge on any atom is 0.177 e. The molecule has 0 amide bonds. The smallest absolute Gasteiger partial charge is 0.177 e. The Balaban J connectivity index is 2.18. The van der Waals surface area contributed by atoms with Crippen LogP contribution < -0.4 is 11.1 Å². The van der Waals surface area contributed by atoms with Gasteiger partial charge < -0.3 is 16.0 Å². The first-order chi connectivity index (χ1) is 9.41. The first-order valence-electron chi connectivity index (χ1n) is 6.99. The molecule has 20 heavy (non-hydrogen) atoms. The topological polar surface area (TPSA) is 75.4 Å². The second-order valence-corrected chi connectivity index (χ2v) is 7.35. The summed E-state index contributed by atoms with van der Waals surface area (Å²) in [5.74, 6) is 0. The third-order valence-corrected chi connectivity index (χ3v) is 4.93. The van der Waals surface area contributed by atoms with Gasteiger partial charge in [-0.05, 0) is 38.1 Å². The summed E-state index contributed by atoms with van der Waals surface area (Å²) in [6, 6.07) is 5.44. The number of piperidine rings is 1. The van der Waals surface area contributed by atoms with Gasteiger partial charge in [0.15, 0.2) is 9.84 Å². The van der Waals surface area contributed by atoms with E-state index >= 15 is 0 Å². The SMILES string of the molecule is CCN1CCCC(Nc2cccc(S(C)(=O)=O)c2N)C1. The molecular formula is C14H23N3O2S. The summed E-state index contributed by atoms with van der Waals surface area (Å²) in [7, 11) is -3.29. The minimum Gasteiger partial charge on any atom is -0.396 e. The molecular weight excluding hydrogens is 274 g/mol. The standard InChI is InChI=1S/C14H23N3O2S/c1-3-17-9-5-6-11(10-17)16-12-7-4-8-13(14(12)15)20(2,18)19/h4,7-8,11,16H,3,5-6,9-10,15H2,1-2H3. The molecule has 3 N–H and O–H groups in total. The number of hydrogen-bond donors (Lipinski definition) is 2. The van der Waals surface area contributed by atoms with E-state index in [0.717, 1.165) is 38.2 Å². The highest BCUT2D eigenvalue weighted by Gasteiger charge is 2.20. The Labute approximate surface area is 121 Å². The highest BCUT2D eigenvalue weighted by molar-refractivity contribution is 7.90. The van der Waals surface area contributed by atoms with Gasteiger partial charge in [-0.3, -0.25) is 0 Å². The maximum atomic E-state index is 11.7. The van der Waals surface area contributed by atoms with Crippen LogP contribution in [0.1, 0.15) is 19.8 Å². The number of nitrogens with two attached hydrogens (primary N) is 1. The van der Waals surface area contributed by atoms with Crippen molar-refractivity contribution in [2.45, 2.75) is 30.7 Å². The summed E-state index contributed by atoms with van der Waals surface area (Å²) in [5, 5.41) is 3.39. The minimum atomic E-state index is -3.29. The summed E-state index contributed by atoms with van der Waals surface area (Å²) < 4.78 is 23.4. The van der Waals surface area contributed by atoms with Crippen LogP contribution in [0.25, 0.3) is 0 Å². The lowest BCUT2D eigenvalue weighted by Crippen LogP contribution is -2.41. The molecule has 1 atom stereocenters. The van der Waals surface area contributed by atoms with E-state index in [4.69, 9.17) is 5.73 Å². The quantitative estimate of drug-likeness (QED) is 0.825. The molecule has 5 nitrogen and oxygen atoms in total. The maximum absolute atomic E-state index is 11.7. The number of likely N-dealkylation sites (tertiary alicyclic amines) is 1. The van der Waals surface area contributed by atoms with Crippen molar-refractivity contribution in [3.05, 3.63) is 18.2 Å². The third kappa shape index (κ3) is 3.43. The summed E-state index contributed by atoms with van der Waals surface area (Å²) in [6.45, 7) is 5.30. The minimum absolute atomic E-state index is 0.200. The molecule has 1 saturated heterocycles. The molecule has 0 radical (unpaired) electrons. The van der Waals surface area contributed by atoms with Crippen molar-refractivity contribution in [3.63, 3.8) is 0 Å². The Bertz CT molecular complexity index is 572. The molecule has 1 aromatic carbocycles. The Kier molecular flexibility index (Phi) is 4.55. The summed E-state index contributed by atoms with van der Waals surface area (Å²) >= 11 is 0. The van der Waals surface area contributed by atoms with Crippen LogP contribution in [0.15, 0.2) is 23.1 Å². The van der Waals surface area contributed by atoms with Crippen molar-refractivity contribution in [2.75, 3.05) is 36.9 Å². The zero-order chi connectivity index (χ0) is 14.8. The van der Waals surface area contributed by atoms with E-state index in [-0.39, 0.29) is 4.90 Å². The number of anilines is 2. The lowest BCUT2D eigenvalue weighted by atomic mass is 10.1. The summed E-state index contributed by atoms with van der Waals surface area (Å²) in [4.78, 5) is 2.59. The van der Waals surface area contributed by atoms with E-state index in [1.807, 2.05) is 6.07 Å². The van der Waals surface area contributed by atoms with Gasteiger partial charge in [0.2, 0.25) is 0 Å². The van der Waals surface area contributed by atoms with E-state index in [9.17, 15) is 8.42 Å². The highest BCUT2D eigenvalue weighted by Crippen LogP contribution is 2.28. The molecule has 0 bridgehead atoms. The van der Waals surface area contributed by atoms with Gasteiger partial charge in [-0.15, -0.1) is 0 Å². The van der Waals surface area contributed by atoms with Crippen molar-refractivity contribution < 1.29 is 8.42 Å². The second kappa shape index (κ2) is 6.01. The number of hydrogen-bond acceptors (Lipinski definition) is 5. The molecule has 112 valence electrons. The molecule has 1 aliphatic rings. The number of benzene rings is 1. The van der Waals surface area contributed by atoms with Crippen molar-refractivity contribution >= 4 is 21.2 Å². The molecule has 1 aliphatic heterocycles. The molecule has 6 heteroatoms. The normalized spacial score (nSPS) is 20.8. The van der Waals surface area contributed by atoms with E-state index in [1.54, 1.807) is 12.1 Å². The molecule has 0 aliphatic carbocycles. The van der Waals surface area contributed by atoms with Gasteiger partial charge in [0.1, 0.15) is 0 Å². The molecule has 0 saturated carbocycles. The van der Waals surface area contributed by atoms with Gasteiger partial charge in [0.05, 0.1) is 16.3 Å². The average molecular weight is 297 g/mol. The molecule has 0 aromatic heterocycles. The van der Waals surface area contributed by atoms with Crippen LogP contribution in [0.3, 0.4) is 0 Å². The van der Waals surface area contributed by atoms with Gasteiger partial charge >= 0.3 is 0 Å². The zero-order valence-electron chi connectivity index (χ0n) is 12.1. The van der Waals surface area contributed by atoms with Gasteiger partial charge in [-0.1, -0.05) is 13.0 Å². The predicted molar refractivity (Wildman–Crippen MR) is 82.7 cm³/mol. The highest BCUT2D eigenvalue weighted by atomic mass is 32.2. The number of nitrogens with one attached hydrogen (secondary N) is 1. The van der Waals surface area contributed by atoms with Crippen molar-refractivity contribution in [3.8, 4) is 0 Å². The van der Waals surface area contributed by atoms with Gasteiger partial charge in [0.25, 0.3) is 0 Å². The van der Waals surface area contributed by atoms with Crippen molar-refractivity contribution in [2.24, 2.45) is 0 Å². The number of nitrogen functional groups attached to an aromatic ring is 1. The molecule has 1 aromatic rings. The van der Waals surface area contributed by atoms with Gasteiger partial charge in [0, 0.05) is 18.8 Å². The number of para-hydroxylation sites is 1. The summed E-state index contributed by atoms with van der Waals surface area (Å²) in [6.07, 6.45) is 3.41. The first-order valence-corrected chi connectivity index (χ1v) is 8.88. The number of likely N-dealkylation sites (N-methyl/N-ethyl adjacent to an activating group) is 1. The summed E-state index contributed by atoms with van der Waals surface area (Å²) in [5.41, 5.74) is 7.04. The fourth-order valence-electron chi connectivity index (χ4n) is 2.67. The average Bonchev–Trinajstić information content (AvgIpc) is 2.40. The third-order valence-electron chi connectivity index (χ3n) is 3.78. The van der Waals surface area contributed by atoms with E-state index < -0.39 is 9.84 Å². The Morgan fingerprint density at radius 3 is 2.85 bits per heavy atom. The predicted octanol–water partition coefficient (Wildman–Crippen LogP) is 1.57.